The lowest BCUT2D eigenvalue weighted by Crippen LogP contribution is -2.58. The van der Waals surface area contributed by atoms with E-state index in [1.54, 1.807) is 6.92 Å². The summed E-state index contributed by atoms with van der Waals surface area (Å²) < 4.78 is 33.9. The van der Waals surface area contributed by atoms with Crippen molar-refractivity contribution in [2.45, 2.75) is 101 Å². The number of ether oxygens (including phenoxy) is 1. The van der Waals surface area contributed by atoms with E-state index in [1.807, 2.05) is 0 Å². The molecule has 1 amide bonds. The van der Waals surface area contributed by atoms with Crippen molar-refractivity contribution < 1.29 is 18.3 Å². The number of hydrogen-bond donors (Lipinski definition) is 4. The molecule has 0 aromatic rings. The van der Waals surface area contributed by atoms with Crippen LogP contribution in [0.1, 0.15) is 71.1 Å². The van der Waals surface area contributed by atoms with Gasteiger partial charge in [0.05, 0.1) is 32.1 Å². The van der Waals surface area contributed by atoms with Gasteiger partial charge in [-0.15, -0.1) is 0 Å². The smallest absolute Gasteiger partial charge is 0.253 e. The van der Waals surface area contributed by atoms with E-state index in [0.717, 1.165) is 65.0 Å². The normalized spacial score (nSPS) is 41.2. The van der Waals surface area contributed by atoms with Crippen molar-refractivity contribution in [3.63, 3.8) is 0 Å². The number of nitrogens with zero attached hydrogens (tertiary/aromatic N) is 2. The summed E-state index contributed by atoms with van der Waals surface area (Å²) in [5, 5.41) is 7.19. The number of likely N-dealkylation sites (tertiary alicyclic amines) is 1. The second-order valence-corrected chi connectivity index (χ2v) is 14.1. The molecule has 6 rings (SSSR count). The van der Waals surface area contributed by atoms with Crippen molar-refractivity contribution in [1.29, 1.82) is 0 Å². The van der Waals surface area contributed by atoms with Crippen molar-refractivity contribution in [2.75, 3.05) is 46.6 Å². The number of alkyl halides is 2. The third-order valence-electron chi connectivity index (χ3n) is 11.0. The third-order valence-corrected chi connectivity index (χ3v) is 11.0. The second kappa shape index (κ2) is 11.4. The highest BCUT2D eigenvalue weighted by Gasteiger charge is 2.50. The minimum absolute atomic E-state index is 0.0475. The third kappa shape index (κ3) is 6.31. The van der Waals surface area contributed by atoms with Crippen LogP contribution in [0.3, 0.4) is 0 Å². The van der Waals surface area contributed by atoms with E-state index in [0.29, 0.717) is 43.1 Å². The van der Waals surface area contributed by atoms with Crippen molar-refractivity contribution in [3.05, 3.63) is 0 Å². The van der Waals surface area contributed by atoms with E-state index in [4.69, 9.17) is 4.74 Å². The Morgan fingerprint density at radius 3 is 2.62 bits per heavy atom. The molecule has 4 aliphatic heterocycles. The predicted octanol–water partition coefficient (Wildman–Crippen LogP) is 2.52. The van der Waals surface area contributed by atoms with Crippen LogP contribution in [0, 0.1) is 29.1 Å². The first-order valence-electron chi connectivity index (χ1n) is 15.6. The summed E-state index contributed by atoms with van der Waals surface area (Å²) in [6.07, 6.45) is 10.1. The first-order valence-corrected chi connectivity index (χ1v) is 15.6. The molecule has 7 atom stereocenters. The van der Waals surface area contributed by atoms with E-state index < -0.39 is 11.8 Å². The molecule has 8 nitrogen and oxygen atoms in total. The fourth-order valence-corrected chi connectivity index (χ4v) is 8.20. The minimum Gasteiger partial charge on any atom is -0.380 e. The molecule has 0 bridgehead atoms. The highest BCUT2D eigenvalue weighted by molar-refractivity contribution is 5.82. The fraction of sp³-hybridized carbons (Fsp3) is 0.966. The van der Waals surface area contributed by atoms with Crippen LogP contribution < -0.4 is 21.5 Å². The molecule has 6 aliphatic rings. The molecular formula is C29H50F2N6O2. The summed E-state index contributed by atoms with van der Waals surface area (Å²) >= 11 is 0. The summed E-state index contributed by atoms with van der Waals surface area (Å²) in [6, 6.07) is 0.414. The van der Waals surface area contributed by atoms with Gasteiger partial charge in [-0.25, -0.2) is 19.6 Å². The number of halogens is 2. The summed E-state index contributed by atoms with van der Waals surface area (Å²) in [6.45, 7) is 5.92. The largest absolute Gasteiger partial charge is 0.380 e. The van der Waals surface area contributed by atoms with Gasteiger partial charge >= 0.3 is 0 Å². The summed E-state index contributed by atoms with van der Waals surface area (Å²) in [7, 11) is 2.15. The summed E-state index contributed by atoms with van der Waals surface area (Å²) in [5.41, 5.74) is 6.86. The Morgan fingerprint density at radius 1 is 1.13 bits per heavy atom. The van der Waals surface area contributed by atoms with Gasteiger partial charge in [-0.05, 0) is 76.2 Å². The molecule has 6 fully saturated rings. The van der Waals surface area contributed by atoms with Crippen LogP contribution >= 0.6 is 0 Å². The predicted molar refractivity (Wildman–Crippen MR) is 146 cm³/mol. The van der Waals surface area contributed by atoms with Gasteiger partial charge in [0.1, 0.15) is 0 Å². The SMILES string of the molecule is C[C@H]1CN(CC2CC(C(=O)NC3CCCC(C4(CC5NNCN5C)COC4)C3)NC(C3CC3)C2)CCC1(F)F. The number of carbonyl (C=O) groups excluding carboxylic acids is 1. The van der Waals surface area contributed by atoms with E-state index in [-0.39, 0.29) is 29.8 Å². The van der Waals surface area contributed by atoms with E-state index >= 15 is 0 Å². The van der Waals surface area contributed by atoms with E-state index in [2.05, 4.69) is 38.3 Å². The van der Waals surface area contributed by atoms with Crippen LogP contribution in [-0.2, 0) is 9.53 Å². The zero-order chi connectivity index (χ0) is 27.2. The lowest BCUT2D eigenvalue weighted by Gasteiger charge is -2.51. The minimum atomic E-state index is -2.55. The van der Waals surface area contributed by atoms with E-state index in [1.165, 1.54) is 19.3 Å². The average molecular weight is 553 g/mol. The fourth-order valence-electron chi connectivity index (χ4n) is 8.20. The zero-order valence-corrected chi connectivity index (χ0v) is 23.9. The number of rotatable bonds is 8. The number of hydrogen-bond acceptors (Lipinski definition) is 7. The Hall–Kier alpha value is -0.910. The van der Waals surface area contributed by atoms with Crippen LogP contribution in [-0.4, -0.2) is 92.5 Å². The first kappa shape index (κ1) is 28.2. The molecule has 4 N–H and O–H groups in total. The molecule has 2 saturated carbocycles. The molecule has 2 aliphatic carbocycles. The number of amides is 1. The molecule has 222 valence electrons. The first-order chi connectivity index (χ1) is 18.7. The van der Waals surface area contributed by atoms with Gasteiger partial charge in [0.25, 0.3) is 5.92 Å². The summed E-state index contributed by atoms with van der Waals surface area (Å²) in [5.74, 6) is -1.39. The monoisotopic (exact) mass is 552 g/mol. The van der Waals surface area contributed by atoms with Gasteiger partial charge in [0.2, 0.25) is 5.91 Å². The van der Waals surface area contributed by atoms with Crippen LogP contribution in [0.2, 0.25) is 0 Å². The molecule has 0 aromatic carbocycles. The Bertz CT molecular complexity index is 871. The maximum Gasteiger partial charge on any atom is 0.253 e. The molecule has 6 unspecified atom stereocenters. The van der Waals surface area contributed by atoms with Crippen molar-refractivity contribution in [1.82, 2.24) is 31.3 Å². The van der Waals surface area contributed by atoms with Crippen LogP contribution in [0.5, 0.6) is 0 Å². The maximum atomic E-state index is 14.1. The molecule has 39 heavy (non-hydrogen) atoms. The lowest BCUT2D eigenvalue weighted by atomic mass is 9.64. The molecule has 4 saturated heterocycles. The topological polar surface area (TPSA) is 80.9 Å². The Balaban J connectivity index is 1.05. The van der Waals surface area contributed by atoms with Gasteiger partial charge in [-0.3, -0.25) is 9.69 Å². The zero-order valence-electron chi connectivity index (χ0n) is 23.9. The average Bonchev–Trinajstić information content (AvgIpc) is 3.66. The second-order valence-electron chi connectivity index (χ2n) is 14.1. The number of nitrogens with one attached hydrogen (secondary N) is 4. The Kier molecular flexibility index (Phi) is 8.25. The molecule has 0 aromatic heterocycles. The van der Waals surface area contributed by atoms with E-state index in [9.17, 15) is 13.6 Å². The van der Waals surface area contributed by atoms with Gasteiger partial charge in [-0.1, -0.05) is 13.3 Å². The number of carbonyl (C=O) groups is 1. The van der Waals surface area contributed by atoms with Gasteiger partial charge in [-0.2, -0.15) is 0 Å². The number of piperidine rings is 2. The standard InChI is InChI=1S/C29H50F2N6O2/c1-19-14-37(9-8-29(19,30)31)15-20-10-24(21-6-7-21)34-25(11-20)27(38)33-23-5-3-4-22(12-23)28(16-39-17-28)13-26-35-32-18-36(26)2/h19-26,32,34-35H,3-18H2,1-2H3,(H,33,38)/t19-,20?,22?,23?,24?,25?,26?/m0/s1. The quantitative estimate of drug-likeness (QED) is 0.369. The molecule has 0 radical (unpaired) electrons. The Morgan fingerprint density at radius 2 is 1.95 bits per heavy atom. The Labute approximate surface area is 232 Å². The van der Waals surface area contributed by atoms with Crippen molar-refractivity contribution in [2.24, 2.45) is 29.1 Å². The van der Waals surface area contributed by atoms with Crippen molar-refractivity contribution >= 4 is 5.91 Å². The highest BCUT2D eigenvalue weighted by atomic mass is 19.3. The lowest BCUT2D eigenvalue weighted by molar-refractivity contribution is -0.166. The number of hydrazine groups is 1. The summed E-state index contributed by atoms with van der Waals surface area (Å²) in [4.78, 5) is 18.2. The van der Waals surface area contributed by atoms with Crippen LogP contribution in [0.25, 0.3) is 0 Å². The molecule has 4 heterocycles. The van der Waals surface area contributed by atoms with Crippen LogP contribution in [0.15, 0.2) is 0 Å². The molecular weight excluding hydrogens is 502 g/mol. The molecule has 0 spiro atoms. The van der Waals surface area contributed by atoms with Crippen LogP contribution in [0.4, 0.5) is 8.78 Å². The highest BCUT2D eigenvalue weighted by Crippen LogP contribution is 2.47. The van der Waals surface area contributed by atoms with Crippen molar-refractivity contribution in [3.8, 4) is 0 Å². The van der Waals surface area contributed by atoms with Gasteiger partial charge < -0.3 is 20.3 Å². The maximum absolute atomic E-state index is 14.1. The van der Waals surface area contributed by atoms with Gasteiger partial charge in [0, 0.05) is 49.5 Å². The van der Waals surface area contributed by atoms with Gasteiger partial charge in [0.15, 0.2) is 0 Å². The molecule has 10 heteroatoms.